The number of halogens is 10. The highest BCUT2D eigenvalue weighted by atomic mass is 35.5. The molecule has 74 heavy (non-hydrogen) atoms. The Morgan fingerprint density at radius 1 is 0.189 bits per heavy atom. The van der Waals surface area contributed by atoms with Crippen molar-refractivity contribution in [3.8, 4) is 0 Å². The fraction of sp³-hybridized carbons (Fsp3) is 0. The Morgan fingerprint density at radius 3 is 0.392 bits per heavy atom. The highest BCUT2D eigenvalue weighted by Crippen LogP contribution is 2.50. The SMILES string of the molecule is O=C(Cl)OC(=O)c1c(SSc2c(C(=O)OC(=O)Cl)c(C(=O)OC(=O)Cl)c(C(=O)OC(=O)Cl)c(C(=O)OC(=O)Cl)c2C(=O)OC(=O)Cl)c(C(=O)OC(=O)Cl)c(C(=O)OC(=O)Cl)c(C(=O)OC(=O)Cl)c1C(=O)OC(=O)Cl. The van der Waals surface area contributed by atoms with Crippen molar-refractivity contribution in [1.82, 2.24) is 0 Å². The Morgan fingerprint density at radius 2 is 0.284 bits per heavy atom. The lowest BCUT2D eigenvalue weighted by molar-refractivity contribution is 0.0568. The van der Waals surface area contributed by atoms with Gasteiger partial charge in [0.15, 0.2) is 0 Å². The van der Waals surface area contributed by atoms with Gasteiger partial charge in [-0.15, -0.1) is 0 Å². The number of carbonyl (C=O) groups excluding carboxylic acids is 20. The standard InChI is InChI=1S/C32Cl10O30S2/c33-23(53)63-13(43)1-3(15(45)65-25(35)55)7(19(49)69-29(39)59)11(8(20(50)70-30(40)60)4(1)16(46)66-26(36)56)73-74-12-9(21(51)71-31(41)61)5(17(47)67-27(37)57)2(14(44)64-24(34)54)6(18(48)68-28(38)58)10(12)22(52)72-32(42)62. The summed E-state index contributed by atoms with van der Waals surface area (Å²) in [6.07, 6.45) is 0. The molecule has 0 N–H and O–H groups in total. The van der Waals surface area contributed by atoms with Gasteiger partial charge in [0, 0.05) is 126 Å². The molecule has 0 amide bonds. The van der Waals surface area contributed by atoms with E-state index in [4.69, 9.17) is 116 Å². The average molecular weight is 1280 g/mol. The van der Waals surface area contributed by atoms with Crippen LogP contribution in [0.2, 0.25) is 0 Å². The van der Waals surface area contributed by atoms with Gasteiger partial charge in [0.2, 0.25) is 0 Å². The second-order valence-corrected chi connectivity index (χ2v) is 16.1. The van der Waals surface area contributed by atoms with E-state index in [2.05, 4.69) is 47.4 Å². The van der Waals surface area contributed by atoms with Crippen molar-refractivity contribution >= 4 is 252 Å². The average Bonchev–Trinajstić information content (AvgIpc) is 3.21. The van der Waals surface area contributed by atoms with Crippen LogP contribution >= 0.6 is 138 Å². The van der Waals surface area contributed by atoms with E-state index in [0.29, 0.717) is 0 Å². The maximum absolute atomic E-state index is 13.9. The molecule has 0 saturated heterocycles. The molecule has 0 radical (unpaired) electrons. The van der Waals surface area contributed by atoms with E-state index < -0.39 is 201 Å². The molecule has 0 aromatic heterocycles. The Hall–Kier alpha value is -6.56. The van der Waals surface area contributed by atoms with Crippen molar-refractivity contribution in [3.63, 3.8) is 0 Å². The molecule has 0 saturated carbocycles. The minimum Gasteiger partial charge on any atom is -0.377 e. The number of rotatable bonds is 13. The van der Waals surface area contributed by atoms with E-state index in [9.17, 15) is 95.9 Å². The first-order valence-electron chi connectivity index (χ1n) is 16.1. The second-order valence-electron chi connectivity index (χ2n) is 10.8. The van der Waals surface area contributed by atoms with Crippen LogP contribution in [-0.4, -0.2) is 114 Å². The second kappa shape index (κ2) is 27.7. The van der Waals surface area contributed by atoms with Gasteiger partial charge in [0.05, 0.1) is 55.6 Å². The lowest BCUT2D eigenvalue weighted by Gasteiger charge is -2.23. The molecule has 0 aliphatic rings. The fourth-order valence-corrected chi connectivity index (χ4v) is 8.39. The summed E-state index contributed by atoms with van der Waals surface area (Å²) >= 11 is 51.3. The van der Waals surface area contributed by atoms with Crippen LogP contribution in [0, 0.1) is 0 Å². The van der Waals surface area contributed by atoms with Crippen molar-refractivity contribution in [1.29, 1.82) is 0 Å². The van der Waals surface area contributed by atoms with Crippen molar-refractivity contribution in [2.45, 2.75) is 9.79 Å². The molecular formula is C32Cl10O30S2. The summed E-state index contributed by atoms with van der Waals surface area (Å²) in [6, 6.07) is 0. The predicted molar refractivity (Wildman–Crippen MR) is 231 cm³/mol. The van der Waals surface area contributed by atoms with E-state index in [-0.39, 0.29) is 0 Å². The van der Waals surface area contributed by atoms with Crippen molar-refractivity contribution in [3.05, 3.63) is 55.6 Å². The van der Waals surface area contributed by atoms with E-state index in [1.807, 2.05) is 0 Å². The van der Waals surface area contributed by atoms with Crippen LogP contribution in [-0.2, 0) is 47.4 Å². The smallest absolute Gasteiger partial charge is 0.377 e. The fourth-order valence-electron chi connectivity index (χ4n) is 4.95. The first kappa shape index (κ1) is 63.6. The third-order valence-electron chi connectivity index (χ3n) is 6.89. The summed E-state index contributed by atoms with van der Waals surface area (Å²) in [5, 5.41) is 0. The lowest BCUT2D eigenvalue weighted by Crippen LogP contribution is -2.30. The summed E-state index contributed by atoms with van der Waals surface area (Å²) in [5.41, 5.74) is -45.0. The first-order valence-corrected chi connectivity index (χ1v) is 22.1. The molecule has 2 aromatic carbocycles. The number of esters is 10. The normalized spacial score (nSPS) is 10.1. The van der Waals surface area contributed by atoms with Crippen LogP contribution < -0.4 is 0 Å². The summed E-state index contributed by atoms with van der Waals surface area (Å²) < 4.78 is 41.4. The topological polar surface area (TPSA) is 434 Å². The number of ether oxygens (including phenoxy) is 10. The van der Waals surface area contributed by atoms with Gasteiger partial charge in [-0.3, -0.25) is 0 Å². The zero-order valence-electron chi connectivity index (χ0n) is 32.8. The van der Waals surface area contributed by atoms with Gasteiger partial charge in [-0.05, 0) is 0 Å². The Balaban J connectivity index is 3.97. The highest BCUT2D eigenvalue weighted by Gasteiger charge is 2.46. The molecule has 0 bridgehead atoms. The third kappa shape index (κ3) is 17.0. The number of hydrogen-bond acceptors (Lipinski definition) is 32. The van der Waals surface area contributed by atoms with Crippen LogP contribution in [0.1, 0.15) is 104 Å². The Labute approximate surface area is 457 Å². The summed E-state index contributed by atoms with van der Waals surface area (Å²) in [4.78, 5) is 253. The molecule has 390 valence electrons. The molecule has 0 aliphatic heterocycles. The van der Waals surface area contributed by atoms with Crippen LogP contribution in [0.5, 0.6) is 0 Å². The maximum atomic E-state index is 13.9. The molecule has 0 heterocycles. The number of benzene rings is 2. The molecule has 42 heteroatoms. The predicted octanol–water partition coefficient (Wildman–Crippen LogP) is 9.64. The summed E-state index contributed by atoms with van der Waals surface area (Å²) in [6.45, 7) is 0. The molecule has 0 unspecified atom stereocenters. The molecule has 2 aromatic rings. The van der Waals surface area contributed by atoms with Crippen molar-refractivity contribution < 1.29 is 143 Å². The number of carbonyl (C=O) groups is 20. The Bertz CT molecular complexity index is 2680. The lowest BCUT2D eigenvalue weighted by atomic mass is 9.90. The van der Waals surface area contributed by atoms with E-state index >= 15 is 0 Å². The van der Waals surface area contributed by atoms with Crippen molar-refractivity contribution in [2.75, 3.05) is 0 Å². The van der Waals surface area contributed by atoms with Gasteiger partial charge in [0.1, 0.15) is 0 Å². The van der Waals surface area contributed by atoms with Crippen molar-refractivity contribution in [2.24, 2.45) is 0 Å². The Kier molecular flexibility index (Phi) is 23.7. The quantitative estimate of drug-likeness (QED) is 0.0591. The van der Waals surface area contributed by atoms with E-state index in [1.165, 1.54) is 0 Å². The highest BCUT2D eigenvalue weighted by molar-refractivity contribution is 8.76. The zero-order valence-corrected chi connectivity index (χ0v) is 42.0. The molecule has 2 rings (SSSR count). The molecule has 0 fully saturated rings. The minimum absolute atomic E-state index is 0.856. The van der Waals surface area contributed by atoms with E-state index in [1.54, 1.807) is 0 Å². The van der Waals surface area contributed by atoms with Gasteiger partial charge >= 0.3 is 114 Å². The van der Waals surface area contributed by atoms with Crippen LogP contribution in [0.15, 0.2) is 9.79 Å². The number of hydrogen-bond donors (Lipinski definition) is 0. The third-order valence-corrected chi connectivity index (χ3v) is 10.1. The molecule has 0 aliphatic carbocycles. The molecule has 30 nitrogen and oxygen atoms in total. The van der Waals surface area contributed by atoms with Gasteiger partial charge in [0.25, 0.3) is 0 Å². The van der Waals surface area contributed by atoms with Crippen LogP contribution in [0.3, 0.4) is 0 Å². The van der Waals surface area contributed by atoms with Gasteiger partial charge < -0.3 is 47.4 Å². The first-order chi connectivity index (χ1) is 34.1. The van der Waals surface area contributed by atoms with Crippen LogP contribution in [0.25, 0.3) is 0 Å². The van der Waals surface area contributed by atoms with Crippen LogP contribution in [0.4, 0.5) is 47.9 Å². The van der Waals surface area contributed by atoms with Gasteiger partial charge in [-0.25, -0.2) is 95.9 Å². The molecule has 0 atom stereocenters. The zero-order chi connectivity index (χ0) is 57.0. The monoisotopic (exact) mass is 1280 g/mol. The minimum atomic E-state index is -2.63. The largest absolute Gasteiger partial charge is 0.411 e. The van der Waals surface area contributed by atoms with Gasteiger partial charge in [-0.2, -0.15) is 0 Å². The molecular weight excluding hydrogens is 1280 g/mol. The van der Waals surface area contributed by atoms with E-state index in [0.717, 1.165) is 0 Å². The summed E-state index contributed by atoms with van der Waals surface area (Å²) in [5.74, 6) is -26.2. The molecule has 0 spiro atoms. The maximum Gasteiger partial charge on any atom is 0.411 e. The summed E-state index contributed by atoms with van der Waals surface area (Å²) in [7, 11) is -1.71. The van der Waals surface area contributed by atoms with Gasteiger partial charge in [-0.1, -0.05) is 21.6 Å².